The molecule has 0 radical (unpaired) electrons. The van der Waals surface area contributed by atoms with E-state index in [0.717, 1.165) is 25.9 Å². The van der Waals surface area contributed by atoms with Crippen molar-refractivity contribution in [1.82, 2.24) is 10.6 Å². The van der Waals surface area contributed by atoms with E-state index >= 15 is 0 Å². The molecule has 1 amide bonds. The van der Waals surface area contributed by atoms with Crippen molar-refractivity contribution < 1.29 is 14.6 Å². The molecule has 3 N–H and O–H groups in total. The van der Waals surface area contributed by atoms with E-state index in [1.54, 1.807) is 13.8 Å². The second-order valence-electron chi connectivity index (χ2n) is 4.85. The van der Waals surface area contributed by atoms with Crippen LogP contribution in [0.4, 0.5) is 0 Å². The Morgan fingerprint density at radius 2 is 2.12 bits per heavy atom. The molecule has 5 heteroatoms. The number of nitrogens with one attached hydrogen (secondary N) is 2. The summed E-state index contributed by atoms with van der Waals surface area (Å²) < 4.78 is 5.50. The third-order valence-corrected chi connectivity index (χ3v) is 2.61. The highest BCUT2D eigenvalue weighted by atomic mass is 16.5. The zero-order valence-electron chi connectivity index (χ0n) is 10.1. The van der Waals surface area contributed by atoms with Crippen LogP contribution < -0.4 is 10.6 Å². The Morgan fingerprint density at radius 1 is 1.50 bits per heavy atom. The van der Waals surface area contributed by atoms with Crippen molar-refractivity contribution in [3.05, 3.63) is 0 Å². The van der Waals surface area contributed by atoms with Gasteiger partial charge in [0.15, 0.2) is 0 Å². The maximum atomic E-state index is 11.5. The summed E-state index contributed by atoms with van der Waals surface area (Å²) in [5.41, 5.74) is -0.575. The summed E-state index contributed by atoms with van der Waals surface area (Å²) >= 11 is 0. The summed E-state index contributed by atoms with van der Waals surface area (Å²) in [6, 6.07) is 0. The Bertz CT molecular complexity index is 225. The highest BCUT2D eigenvalue weighted by molar-refractivity contribution is 5.77. The van der Waals surface area contributed by atoms with Gasteiger partial charge in [0, 0.05) is 0 Å². The second-order valence-corrected chi connectivity index (χ2v) is 4.85. The molecule has 1 aliphatic rings. The van der Waals surface area contributed by atoms with Crippen molar-refractivity contribution in [2.75, 3.05) is 26.3 Å². The minimum atomic E-state index is -0.575. The van der Waals surface area contributed by atoms with E-state index in [2.05, 4.69) is 10.6 Å². The molecule has 0 atom stereocenters. The summed E-state index contributed by atoms with van der Waals surface area (Å²) in [6.45, 7) is 5.45. The van der Waals surface area contributed by atoms with Gasteiger partial charge in [0.05, 0.1) is 18.2 Å². The number of aliphatic hydroxyl groups is 1. The Labute approximate surface area is 96.6 Å². The minimum absolute atomic E-state index is 0.0773. The first kappa shape index (κ1) is 13.4. The fraction of sp³-hybridized carbons (Fsp3) is 0.909. The van der Waals surface area contributed by atoms with E-state index in [4.69, 9.17) is 9.84 Å². The molecule has 1 rings (SSSR count). The number of amides is 1. The smallest absolute Gasteiger partial charge is 0.246 e. The van der Waals surface area contributed by atoms with Crippen LogP contribution in [0, 0.1) is 0 Å². The van der Waals surface area contributed by atoms with Crippen LogP contribution in [0.3, 0.4) is 0 Å². The lowest BCUT2D eigenvalue weighted by Crippen LogP contribution is -2.48. The summed E-state index contributed by atoms with van der Waals surface area (Å²) in [5.74, 6) is -0.169. The van der Waals surface area contributed by atoms with Gasteiger partial charge in [0.1, 0.15) is 6.61 Å². The fourth-order valence-corrected chi connectivity index (χ4v) is 1.61. The first-order valence-corrected chi connectivity index (χ1v) is 5.78. The largest absolute Gasteiger partial charge is 0.394 e. The van der Waals surface area contributed by atoms with Gasteiger partial charge in [-0.2, -0.15) is 0 Å². The standard InChI is InChI=1S/C11H22N2O3/c1-11(2,8-14)13-10(15)7-16-9-3-5-12-6-4-9/h9,12,14H,3-8H2,1-2H3,(H,13,15). The van der Waals surface area contributed by atoms with Gasteiger partial charge in [-0.05, 0) is 39.8 Å². The summed E-state index contributed by atoms with van der Waals surface area (Å²) in [6.07, 6.45) is 2.09. The van der Waals surface area contributed by atoms with E-state index in [0.29, 0.717) is 0 Å². The molecule has 0 bridgehead atoms. The Kier molecular flexibility index (Phi) is 5.18. The van der Waals surface area contributed by atoms with E-state index in [-0.39, 0.29) is 25.2 Å². The van der Waals surface area contributed by atoms with E-state index in [9.17, 15) is 4.79 Å². The van der Waals surface area contributed by atoms with Gasteiger partial charge in [-0.1, -0.05) is 0 Å². The number of carbonyl (C=O) groups excluding carboxylic acids is 1. The Hall–Kier alpha value is -0.650. The van der Waals surface area contributed by atoms with Crippen LogP contribution in [0.15, 0.2) is 0 Å². The summed E-state index contributed by atoms with van der Waals surface area (Å²) in [5, 5.41) is 14.9. The molecule has 94 valence electrons. The molecule has 0 saturated carbocycles. The van der Waals surface area contributed by atoms with Crippen LogP contribution in [0.2, 0.25) is 0 Å². The normalized spacial score (nSPS) is 18.4. The summed E-state index contributed by atoms with van der Waals surface area (Å²) in [7, 11) is 0. The van der Waals surface area contributed by atoms with Crippen LogP contribution in [0.1, 0.15) is 26.7 Å². The van der Waals surface area contributed by atoms with Gasteiger partial charge < -0.3 is 20.5 Å². The average Bonchev–Trinajstić information content (AvgIpc) is 2.27. The molecule has 5 nitrogen and oxygen atoms in total. The van der Waals surface area contributed by atoms with E-state index in [1.807, 2.05) is 0 Å². The van der Waals surface area contributed by atoms with Crippen LogP contribution >= 0.6 is 0 Å². The molecule has 1 fully saturated rings. The number of hydrogen-bond acceptors (Lipinski definition) is 4. The molecule has 0 unspecified atom stereocenters. The number of rotatable bonds is 5. The molecule has 1 saturated heterocycles. The lowest BCUT2D eigenvalue weighted by atomic mass is 10.1. The van der Waals surface area contributed by atoms with Gasteiger partial charge in [0.25, 0.3) is 0 Å². The van der Waals surface area contributed by atoms with Crippen molar-refractivity contribution >= 4 is 5.91 Å². The molecule has 0 aromatic heterocycles. The monoisotopic (exact) mass is 230 g/mol. The molecule has 0 aromatic rings. The number of aliphatic hydroxyl groups excluding tert-OH is 1. The maximum Gasteiger partial charge on any atom is 0.246 e. The number of carbonyl (C=O) groups is 1. The molecule has 1 aliphatic heterocycles. The molecular formula is C11H22N2O3. The van der Waals surface area contributed by atoms with Gasteiger partial charge in [-0.25, -0.2) is 0 Å². The Morgan fingerprint density at radius 3 is 2.69 bits per heavy atom. The lowest BCUT2D eigenvalue weighted by molar-refractivity contribution is -0.130. The van der Waals surface area contributed by atoms with E-state index < -0.39 is 5.54 Å². The molecule has 16 heavy (non-hydrogen) atoms. The van der Waals surface area contributed by atoms with Gasteiger partial charge in [-0.3, -0.25) is 4.79 Å². The first-order valence-electron chi connectivity index (χ1n) is 5.78. The molecule has 1 heterocycles. The van der Waals surface area contributed by atoms with Crippen molar-refractivity contribution in [3.63, 3.8) is 0 Å². The highest BCUT2D eigenvalue weighted by Gasteiger charge is 2.20. The van der Waals surface area contributed by atoms with Crippen LogP contribution in [-0.4, -0.2) is 49.0 Å². The third kappa shape index (κ3) is 4.92. The molecule has 0 aliphatic carbocycles. The van der Waals surface area contributed by atoms with Crippen molar-refractivity contribution in [1.29, 1.82) is 0 Å². The number of ether oxygens (including phenoxy) is 1. The highest BCUT2D eigenvalue weighted by Crippen LogP contribution is 2.07. The molecule has 0 aromatic carbocycles. The van der Waals surface area contributed by atoms with Crippen LogP contribution in [0.25, 0.3) is 0 Å². The summed E-state index contributed by atoms with van der Waals surface area (Å²) in [4.78, 5) is 11.5. The van der Waals surface area contributed by atoms with Crippen molar-refractivity contribution in [3.8, 4) is 0 Å². The zero-order chi connectivity index (χ0) is 12.0. The van der Waals surface area contributed by atoms with Crippen molar-refractivity contribution in [2.24, 2.45) is 0 Å². The van der Waals surface area contributed by atoms with Gasteiger partial charge in [-0.15, -0.1) is 0 Å². The van der Waals surface area contributed by atoms with Crippen LogP contribution in [-0.2, 0) is 9.53 Å². The van der Waals surface area contributed by atoms with E-state index in [1.165, 1.54) is 0 Å². The zero-order valence-corrected chi connectivity index (χ0v) is 10.1. The van der Waals surface area contributed by atoms with Gasteiger partial charge >= 0.3 is 0 Å². The first-order chi connectivity index (χ1) is 7.53. The third-order valence-electron chi connectivity index (χ3n) is 2.61. The fourth-order valence-electron chi connectivity index (χ4n) is 1.61. The van der Waals surface area contributed by atoms with Crippen molar-refractivity contribution in [2.45, 2.75) is 38.3 Å². The number of piperidine rings is 1. The van der Waals surface area contributed by atoms with Gasteiger partial charge in [0.2, 0.25) is 5.91 Å². The quantitative estimate of drug-likeness (QED) is 0.603. The second kappa shape index (κ2) is 6.18. The predicted octanol–water partition coefficient (Wildman–Crippen LogP) is -0.358. The molecule has 0 spiro atoms. The minimum Gasteiger partial charge on any atom is -0.394 e. The Balaban J connectivity index is 2.19. The maximum absolute atomic E-state index is 11.5. The number of hydrogen-bond donors (Lipinski definition) is 3. The van der Waals surface area contributed by atoms with Crippen LogP contribution in [0.5, 0.6) is 0 Å². The lowest BCUT2D eigenvalue weighted by Gasteiger charge is -2.26. The SMILES string of the molecule is CC(C)(CO)NC(=O)COC1CCNCC1. The predicted molar refractivity (Wildman–Crippen MR) is 61.2 cm³/mol. The topological polar surface area (TPSA) is 70.6 Å². The molecular weight excluding hydrogens is 208 g/mol. The average molecular weight is 230 g/mol.